The lowest BCUT2D eigenvalue weighted by Crippen LogP contribution is -2.38. The third-order valence-electron chi connectivity index (χ3n) is 2.69. The van der Waals surface area contributed by atoms with Gasteiger partial charge in [0.1, 0.15) is 11.6 Å². The Balaban J connectivity index is 2.61. The van der Waals surface area contributed by atoms with Gasteiger partial charge in [-0.2, -0.15) is 0 Å². The molecule has 0 saturated carbocycles. The van der Waals surface area contributed by atoms with E-state index in [0.717, 1.165) is 21.3 Å². The molecule has 0 aliphatic rings. The van der Waals surface area contributed by atoms with E-state index in [0.29, 0.717) is 0 Å². The fourth-order valence-corrected chi connectivity index (χ4v) is 2.00. The first kappa shape index (κ1) is 13.7. The molecule has 1 aromatic carbocycles. The van der Waals surface area contributed by atoms with Gasteiger partial charge in [-0.25, -0.2) is 13.6 Å². The van der Waals surface area contributed by atoms with Crippen molar-refractivity contribution in [1.29, 1.82) is 0 Å². The number of hydrogen-bond donors (Lipinski definition) is 0. The molecule has 0 amide bonds. The Morgan fingerprint density at radius 1 is 1.21 bits per heavy atom. The van der Waals surface area contributed by atoms with Crippen molar-refractivity contribution in [2.75, 3.05) is 0 Å². The first-order valence-electron chi connectivity index (χ1n) is 5.30. The van der Waals surface area contributed by atoms with Gasteiger partial charge in [-0.3, -0.25) is 9.36 Å². The van der Waals surface area contributed by atoms with Crippen molar-refractivity contribution in [3.8, 4) is 0 Å². The van der Waals surface area contributed by atoms with Gasteiger partial charge < -0.3 is 4.57 Å². The highest BCUT2D eigenvalue weighted by molar-refractivity contribution is 9.10. The van der Waals surface area contributed by atoms with Crippen LogP contribution in [0.15, 0.2) is 38.5 Å². The third-order valence-corrected chi connectivity index (χ3v) is 3.31. The molecule has 2 aromatic rings. The van der Waals surface area contributed by atoms with Gasteiger partial charge in [-0.15, -0.1) is 0 Å². The molecule has 0 fully saturated rings. The zero-order valence-corrected chi connectivity index (χ0v) is 11.4. The highest BCUT2D eigenvalue weighted by atomic mass is 79.9. The van der Waals surface area contributed by atoms with Gasteiger partial charge in [0.25, 0.3) is 5.56 Å². The second-order valence-electron chi connectivity index (χ2n) is 3.96. The summed E-state index contributed by atoms with van der Waals surface area (Å²) in [4.78, 5) is 23.4. The summed E-state index contributed by atoms with van der Waals surface area (Å²) in [5.74, 6) is -1.63. The van der Waals surface area contributed by atoms with Crippen LogP contribution in [0, 0.1) is 11.6 Å². The Kier molecular flexibility index (Phi) is 3.66. The van der Waals surface area contributed by atoms with E-state index in [2.05, 4.69) is 15.9 Å². The Morgan fingerprint density at radius 3 is 2.58 bits per heavy atom. The topological polar surface area (TPSA) is 44.0 Å². The average Bonchev–Trinajstić information content (AvgIpc) is 2.38. The van der Waals surface area contributed by atoms with Crippen LogP contribution < -0.4 is 11.2 Å². The normalized spacial score (nSPS) is 10.7. The maximum absolute atomic E-state index is 13.8. The van der Waals surface area contributed by atoms with Crippen LogP contribution in [-0.4, -0.2) is 9.13 Å². The first-order valence-corrected chi connectivity index (χ1v) is 6.10. The molecular formula is C12H9BrF2N2O2. The SMILES string of the molecule is Cn1ccc(=O)n(Cc2c(F)ccc(Br)c2F)c1=O. The predicted octanol–water partition coefficient (Wildman–Crippen LogP) is 1.64. The molecule has 19 heavy (non-hydrogen) atoms. The summed E-state index contributed by atoms with van der Waals surface area (Å²) in [6.07, 6.45) is 1.30. The first-order chi connectivity index (χ1) is 8.91. The van der Waals surface area contributed by atoms with E-state index in [1.165, 1.54) is 19.3 Å². The summed E-state index contributed by atoms with van der Waals surface area (Å²) < 4.78 is 29.4. The van der Waals surface area contributed by atoms with E-state index in [1.807, 2.05) is 0 Å². The van der Waals surface area contributed by atoms with Gasteiger partial charge in [0.05, 0.1) is 11.0 Å². The fraction of sp³-hybridized carbons (Fsp3) is 0.167. The van der Waals surface area contributed by atoms with Crippen molar-refractivity contribution >= 4 is 15.9 Å². The van der Waals surface area contributed by atoms with E-state index in [-0.39, 0.29) is 10.0 Å². The summed E-state index contributed by atoms with van der Waals surface area (Å²) in [7, 11) is 1.45. The predicted molar refractivity (Wildman–Crippen MR) is 69.1 cm³/mol. The van der Waals surface area contributed by atoms with Crippen molar-refractivity contribution in [3.05, 3.63) is 66.9 Å². The van der Waals surface area contributed by atoms with Gasteiger partial charge in [0, 0.05) is 24.9 Å². The number of benzene rings is 1. The molecule has 4 nitrogen and oxygen atoms in total. The maximum atomic E-state index is 13.8. The number of nitrogens with zero attached hydrogens (tertiary/aromatic N) is 2. The molecule has 1 heterocycles. The minimum atomic E-state index is -0.821. The van der Waals surface area contributed by atoms with Crippen molar-refractivity contribution in [1.82, 2.24) is 9.13 Å². The summed E-state index contributed by atoms with van der Waals surface area (Å²) in [6, 6.07) is 3.45. The van der Waals surface area contributed by atoms with E-state index >= 15 is 0 Å². The average molecular weight is 331 g/mol. The molecular weight excluding hydrogens is 322 g/mol. The molecule has 0 N–H and O–H groups in total. The number of rotatable bonds is 2. The molecule has 0 bridgehead atoms. The molecule has 0 radical (unpaired) electrons. The van der Waals surface area contributed by atoms with Gasteiger partial charge in [0.15, 0.2) is 0 Å². The summed E-state index contributed by atoms with van der Waals surface area (Å²) >= 11 is 2.93. The van der Waals surface area contributed by atoms with E-state index in [1.54, 1.807) is 0 Å². The number of aromatic nitrogens is 2. The summed E-state index contributed by atoms with van der Waals surface area (Å²) in [5, 5.41) is 0. The molecule has 0 aliphatic heterocycles. The quantitative estimate of drug-likeness (QED) is 0.786. The van der Waals surface area contributed by atoms with Crippen LogP contribution in [0.2, 0.25) is 0 Å². The Morgan fingerprint density at radius 2 is 1.89 bits per heavy atom. The Hall–Kier alpha value is -1.76. The molecule has 100 valence electrons. The second kappa shape index (κ2) is 5.08. The van der Waals surface area contributed by atoms with Gasteiger partial charge in [0.2, 0.25) is 0 Å². The molecule has 0 aliphatic carbocycles. The molecule has 2 rings (SSSR count). The Labute approximate surface area is 115 Å². The highest BCUT2D eigenvalue weighted by Gasteiger charge is 2.15. The lowest BCUT2D eigenvalue weighted by atomic mass is 10.2. The largest absolute Gasteiger partial charge is 0.331 e. The van der Waals surface area contributed by atoms with E-state index < -0.39 is 29.4 Å². The van der Waals surface area contributed by atoms with Crippen LogP contribution in [-0.2, 0) is 13.6 Å². The summed E-state index contributed by atoms with van der Waals surface area (Å²) in [6.45, 7) is -0.455. The minimum Gasteiger partial charge on any atom is -0.303 e. The molecule has 1 aromatic heterocycles. The monoisotopic (exact) mass is 330 g/mol. The van der Waals surface area contributed by atoms with E-state index in [9.17, 15) is 18.4 Å². The zero-order valence-electron chi connectivity index (χ0n) is 9.86. The van der Waals surface area contributed by atoms with Crippen LogP contribution in [0.4, 0.5) is 8.78 Å². The smallest absolute Gasteiger partial charge is 0.303 e. The highest BCUT2D eigenvalue weighted by Crippen LogP contribution is 2.21. The minimum absolute atomic E-state index is 0.0738. The Bertz CT molecular complexity index is 752. The number of halogens is 3. The molecule has 0 spiro atoms. The number of aryl methyl sites for hydroxylation is 1. The molecule has 0 saturated heterocycles. The third kappa shape index (κ3) is 2.51. The molecule has 7 heteroatoms. The van der Waals surface area contributed by atoms with Gasteiger partial charge in [-0.05, 0) is 28.1 Å². The molecule has 0 atom stereocenters. The number of hydrogen-bond acceptors (Lipinski definition) is 2. The van der Waals surface area contributed by atoms with E-state index in [4.69, 9.17) is 0 Å². The van der Waals surface area contributed by atoms with Gasteiger partial charge in [-0.1, -0.05) is 0 Å². The van der Waals surface area contributed by atoms with Crippen molar-refractivity contribution in [2.24, 2.45) is 7.05 Å². The van der Waals surface area contributed by atoms with Crippen molar-refractivity contribution in [2.45, 2.75) is 6.54 Å². The van der Waals surface area contributed by atoms with Crippen molar-refractivity contribution in [3.63, 3.8) is 0 Å². The maximum Gasteiger partial charge on any atom is 0.331 e. The standard InChI is InChI=1S/C12H9BrF2N2O2/c1-16-5-4-10(18)17(12(16)19)6-7-9(14)3-2-8(13)11(7)15/h2-5H,6H2,1H3. The van der Waals surface area contributed by atoms with Gasteiger partial charge >= 0.3 is 5.69 Å². The molecule has 0 unspecified atom stereocenters. The van der Waals surface area contributed by atoms with Crippen LogP contribution in [0.25, 0.3) is 0 Å². The lowest BCUT2D eigenvalue weighted by Gasteiger charge is -2.09. The van der Waals surface area contributed by atoms with Crippen molar-refractivity contribution < 1.29 is 8.78 Å². The van der Waals surface area contributed by atoms with Crippen LogP contribution in [0.5, 0.6) is 0 Å². The fourth-order valence-electron chi connectivity index (χ4n) is 1.63. The lowest BCUT2D eigenvalue weighted by molar-refractivity contribution is 0.526. The van der Waals surface area contributed by atoms with Crippen LogP contribution >= 0.6 is 15.9 Å². The second-order valence-corrected chi connectivity index (χ2v) is 4.81. The van der Waals surface area contributed by atoms with Crippen LogP contribution in [0.1, 0.15) is 5.56 Å². The van der Waals surface area contributed by atoms with Crippen LogP contribution in [0.3, 0.4) is 0 Å². The summed E-state index contributed by atoms with van der Waals surface area (Å²) in [5.41, 5.74) is -1.58. The zero-order chi connectivity index (χ0) is 14.2.